The number of aromatic nitrogens is 2. The van der Waals surface area contributed by atoms with Crippen LogP contribution in [0.2, 0.25) is 0 Å². The number of para-hydroxylation sites is 1. The largest absolute Gasteiger partial charge is 0.494 e. The molecule has 0 aliphatic heterocycles. The van der Waals surface area contributed by atoms with Crippen LogP contribution in [0.1, 0.15) is 85.3 Å². The number of carboxylic acid groups (broad SMARTS) is 2. The number of carbonyl (C=O) groups is 5. The summed E-state index contributed by atoms with van der Waals surface area (Å²) in [7, 11) is 1.88. The molecule has 496 valence electrons. The number of likely N-dealkylation sites (N-methyl/N-ethyl adjacent to an activating group) is 1. The average molecular weight is 1280 g/mol. The third kappa shape index (κ3) is 32.9. The number of nitrogen functional groups attached to an aromatic ring is 5. The number of aryl methyl sites for hydroxylation is 1. The van der Waals surface area contributed by atoms with E-state index in [1.54, 1.807) is 108 Å². The molecule has 0 radical (unpaired) electrons. The Kier molecular flexibility index (Phi) is 35.9. The average Bonchev–Trinajstić information content (AvgIpc) is 1.73. The normalized spacial score (nSPS) is 10.0. The molecule has 0 unspecified atom stereocenters. The Morgan fingerprint density at radius 1 is 0.570 bits per heavy atom. The SMILES string of the molecule is CC(=O)NCC(=O)O.CC(=O)NCC(=O)O.CCN(CC)CCOC(=O)c1ccc(N)cc1.Cc1cc(=O)n(-c2ccccc2)n1C.N=C(N)c1ccc(N=NNc2ccc(C(=N)N)cc2)cc1.N=C(N)c1ccc(OCCCCCOc2ccc(C(=N)N)cc2)cc1. The molecule has 0 atom stereocenters. The van der Waals surface area contributed by atoms with Crippen molar-refractivity contribution in [1.29, 1.82) is 21.6 Å². The Labute approximate surface area is 539 Å². The second-order valence-corrected chi connectivity index (χ2v) is 19.6. The quantitative estimate of drug-likeness (QED) is 0.00498. The standard InChI is InChI=1S/C19H24N4O2.C14H15N7.C13H20N2O2.C11H12N2O.2C4H7NO3/c20-18(21)14-4-8-16(9-5-14)24-12-2-1-3-13-25-17-10-6-15(7-11-17)19(22)23;15-13(16)9-1-5-11(6-2-9)19-21-20-12-7-3-10(4-8-12)14(17)18;1-3-15(4-2)9-10-17-13(16)11-5-7-12(14)8-6-11;1-9-8-11(14)13(12(9)2)10-6-4-3-5-7-10;2*1-3(6)5-2-4(7)8/h4-11H,1-3,12-13H2,(H3,20,21)(H3,22,23);1-8H,(H3,15,16)(H3,17,18)(H,19,20);5-8H,3-4,9-10,14H2,1-2H3;3-8H,1-2H3;2*2H2,1H3,(H,5,6)(H,7,8). The van der Waals surface area contributed by atoms with E-state index in [1.165, 1.54) is 13.8 Å². The fourth-order valence-corrected chi connectivity index (χ4v) is 7.21. The van der Waals surface area contributed by atoms with Gasteiger partial charge in [-0.2, -0.15) is 0 Å². The Bertz CT molecular complexity index is 3440. The Morgan fingerprint density at radius 3 is 1.34 bits per heavy atom. The zero-order valence-corrected chi connectivity index (χ0v) is 53.0. The number of nitrogens with one attached hydrogen (secondary N) is 7. The minimum Gasteiger partial charge on any atom is -0.494 e. The lowest BCUT2D eigenvalue weighted by atomic mass is 10.2. The number of aliphatic carboxylic acids is 2. The Morgan fingerprint density at radius 2 is 0.978 bits per heavy atom. The summed E-state index contributed by atoms with van der Waals surface area (Å²) in [6.45, 7) is 12.5. The number of benzene rings is 6. The van der Waals surface area contributed by atoms with Crippen molar-refractivity contribution in [2.45, 2.75) is 53.9 Å². The van der Waals surface area contributed by atoms with Gasteiger partial charge in [0.25, 0.3) is 5.56 Å². The molecule has 1 heterocycles. The molecule has 19 N–H and O–H groups in total. The van der Waals surface area contributed by atoms with Crippen LogP contribution in [0, 0.1) is 28.6 Å². The molecular weight excluding hydrogens is 1190 g/mol. The van der Waals surface area contributed by atoms with Crippen molar-refractivity contribution in [2.24, 2.45) is 40.3 Å². The molecule has 0 spiro atoms. The molecule has 0 aliphatic rings. The lowest BCUT2D eigenvalue weighted by Crippen LogP contribution is -2.27. The van der Waals surface area contributed by atoms with Gasteiger partial charge >= 0.3 is 17.9 Å². The molecule has 93 heavy (non-hydrogen) atoms. The van der Waals surface area contributed by atoms with Gasteiger partial charge < -0.3 is 68.6 Å². The number of amidine groups is 4. The summed E-state index contributed by atoms with van der Waals surface area (Å²) in [5, 5.41) is 57.2. The van der Waals surface area contributed by atoms with Crippen molar-refractivity contribution < 1.29 is 48.4 Å². The first-order chi connectivity index (χ1) is 44.2. The predicted octanol–water partition coefficient (Wildman–Crippen LogP) is 6.91. The van der Waals surface area contributed by atoms with Crippen molar-refractivity contribution in [2.75, 3.05) is 63.7 Å². The number of unbranched alkanes of at least 4 members (excludes halogenated alkanes) is 2. The van der Waals surface area contributed by atoms with Crippen molar-refractivity contribution >= 4 is 70.1 Å². The molecule has 0 fully saturated rings. The number of esters is 1. The summed E-state index contributed by atoms with van der Waals surface area (Å²) in [4.78, 5) is 64.8. The van der Waals surface area contributed by atoms with Gasteiger partial charge in [0.2, 0.25) is 11.8 Å². The molecule has 28 nitrogen and oxygen atoms in total. The van der Waals surface area contributed by atoms with Crippen molar-refractivity contribution in [1.82, 2.24) is 24.9 Å². The Balaban J connectivity index is 0.000000397. The first-order valence-corrected chi connectivity index (χ1v) is 28.9. The summed E-state index contributed by atoms with van der Waals surface area (Å²) in [6, 6.07) is 46.2. The van der Waals surface area contributed by atoms with Crippen molar-refractivity contribution in [3.8, 4) is 17.2 Å². The van der Waals surface area contributed by atoms with Gasteiger partial charge in [0.1, 0.15) is 54.5 Å². The van der Waals surface area contributed by atoms with E-state index in [0.29, 0.717) is 59.0 Å². The van der Waals surface area contributed by atoms with E-state index in [-0.39, 0.29) is 59.8 Å². The van der Waals surface area contributed by atoms with Gasteiger partial charge in [-0.05, 0) is 173 Å². The molecule has 0 saturated carbocycles. The van der Waals surface area contributed by atoms with Crippen LogP contribution in [0.3, 0.4) is 0 Å². The van der Waals surface area contributed by atoms with Crippen molar-refractivity contribution in [3.05, 3.63) is 202 Å². The van der Waals surface area contributed by atoms with Crippen LogP contribution in [-0.4, -0.2) is 130 Å². The highest BCUT2D eigenvalue weighted by molar-refractivity contribution is 5.96. The van der Waals surface area contributed by atoms with Gasteiger partial charge in [-0.25, -0.2) is 9.48 Å². The smallest absolute Gasteiger partial charge is 0.338 e. The highest BCUT2D eigenvalue weighted by Gasteiger charge is 2.09. The van der Waals surface area contributed by atoms with Crippen LogP contribution in [0.15, 0.2) is 173 Å². The van der Waals surface area contributed by atoms with E-state index < -0.39 is 11.9 Å². The van der Waals surface area contributed by atoms with Gasteiger partial charge in [-0.1, -0.05) is 37.3 Å². The third-order valence-electron chi connectivity index (χ3n) is 12.4. The number of anilines is 2. The minimum atomic E-state index is -1.03. The predicted molar refractivity (Wildman–Crippen MR) is 360 cm³/mol. The zero-order chi connectivity index (χ0) is 69.3. The van der Waals surface area contributed by atoms with E-state index in [2.05, 4.69) is 45.1 Å². The number of hydrogen-bond acceptors (Lipinski definition) is 17. The maximum atomic E-state index is 11.6. The third-order valence-corrected chi connectivity index (χ3v) is 12.4. The molecular formula is C65H85N17O11. The molecule has 0 bridgehead atoms. The van der Waals surface area contributed by atoms with Crippen molar-refractivity contribution in [3.63, 3.8) is 0 Å². The maximum absolute atomic E-state index is 11.6. The van der Waals surface area contributed by atoms with E-state index in [1.807, 2.05) is 73.3 Å². The van der Waals surface area contributed by atoms with Gasteiger partial charge in [0.05, 0.1) is 35.8 Å². The number of rotatable bonds is 26. The van der Waals surface area contributed by atoms with Crippen LogP contribution in [0.25, 0.3) is 5.69 Å². The van der Waals surface area contributed by atoms with Gasteiger partial charge in [0.15, 0.2) is 0 Å². The Hall–Kier alpha value is -11.7. The van der Waals surface area contributed by atoms with Gasteiger partial charge in [-0.3, -0.25) is 55.7 Å². The van der Waals surface area contributed by atoms with Crippen LogP contribution < -0.4 is 59.8 Å². The van der Waals surface area contributed by atoms with Crippen LogP contribution in [0.5, 0.6) is 11.5 Å². The van der Waals surface area contributed by atoms with Crippen LogP contribution in [0.4, 0.5) is 17.1 Å². The number of amides is 2. The molecule has 28 heteroatoms. The summed E-state index contributed by atoms with van der Waals surface area (Å²) in [5.41, 5.74) is 37.0. The highest BCUT2D eigenvalue weighted by atomic mass is 16.5. The maximum Gasteiger partial charge on any atom is 0.338 e. The second-order valence-electron chi connectivity index (χ2n) is 19.6. The van der Waals surface area contributed by atoms with Crippen LogP contribution in [-0.2, 0) is 31.0 Å². The summed E-state index contributed by atoms with van der Waals surface area (Å²) < 4.78 is 20.0. The lowest BCUT2D eigenvalue weighted by Gasteiger charge is -2.17. The molecule has 0 aliphatic carbocycles. The highest BCUT2D eigenvalue weighted by Crippen LogP contribution is 2.17. The molecule has 1 aromatic heterocycles. The minimum absolute atomic E-state index is 0.0104. The zero-order valence-electron chi connectivity index (χ0n) is 53.0. The first-order valence-electron chi connectivity index (χ1n) is 28.9. The topological polar surface area (TPSA) is 470 Å². The monoisotopic (exact) mass is 1280 g/mol. The van der Waals surface area contributed by atoms with E-state index >= 15 is 0 Å². The molecule has 0 saturated heterocycles. The second kappa shape index (κ2) is 43.1. The fraction of sp³-hybridized carbons (Fsp3) is 0.262. The van der Waals surface area contributed by atoms with E-state index in [0.717, 1.165) is 67.5 Å². The van der Waals surface area contributed by atoms with Gasteiger partial charge in [-0.15, -0.1) is 5.11 Å². The van der Waals surface area contributed by atoms with E-state index in [4.69, 9.17) is 74.7 Å². The van der Waals surface area contributed by atoms with E-state index in [9.17, 15) is 28.8 Å². The summed E-state index contributed by atoms with van der Waals surface area (Å²) in [5.74, 6) is -1.28. The fourth-order valence-electron chi connectivity index (χ4n) is 7.21. The number of carboxylic acids is 2. The number of nitrogens with two attached hydrogens (primary N) is 5. The molecule has 7 rings (SSSR count). The molecule has 2 amide bonds. The number of ether oxygens (including phenoxy) is 3. The number of hydrogen-bond donors (Lipinski definition) is 14. The number of carbonyl (C=O) groups excluding carboxylic acids is 3. The first kappa shape index (κ1) is 77.4. The number of nitrogens with zero attached hydrogens (tertiary/aromatic N) is 5. The molecule has 6 aromatic carbocycles. The van der Waals surface area contributed by atoms with Gasteiger partial charge in [0, 0.05) is 67.1 Å². The molecule has 7 aromatic rings. The lowest BCUT2D eigenvalue weighted by molar-refractivity contribution is -0.138. The van der Waals surface area contributed by atoms with Crippen LogP contribution >= 0.6 is 0 Å². The summed E-state index contributed by atoms with van der Waals surface area (Å²) >= 11 is 0. The summed E-state index contributed by atoms with van der Waals surface area (Å²) in [6.07, 6.45) is 2.90.